The average molecular weight is 272 g/mol. The summed E-state index contributed by atoms with van der Waals surface area (Å²) >= 11 is 1.85. The molecule has 19 heavy (non-hydrogen) atoms. The Morgan fingerprint density at radius 2 is 2.11 bits per heavy atom. The predicted octanol–water partition coefficient (Wildman–Crippen LogP) is 4.50. The van der Waals surface area contributed by atoms with Crippen LogP contribution in [0.3, 0.4) is 0 Å². The van der Waals surface area contributed by atoms with E-state index < -0.39 is 0 Å². The fourth-order valence-electron chi connectivity index (χ4n) is 1.74. The minimum absolute atomic E-state index is 0.963. The summed E-state index contributed by atoms with van der Waals surface area (Å²) in [5.74, 6) is 1.93. The van der Waals surface area contributed by atoms with E-state index in [9.17, 15) is 0 Å². The molecule has 0 aliphatic rings. The predicted molar refractivity (Wildman–Crippen MR) is 83.8 cm³/mol. The number of hydrogen-bond donors (Lipinski definition) is 1. The Bertz CT molecular complexity index is 508. The second kappa shape index (κ2) is 7.19. The van der Waals surface area contributed by atoms with Crippen LogP contribution in [0, 0.1) is 6.92 Å². The van der Waals surface area contributed by atoms with E-state index in [0.29, 0.717) is 0 Å². The van der Waals surface area contributed by atoms with Crippen molar-refractivity contribution in [1.29, 1.82) is 0 Å². The Morgan fingerprint density at radius 1 is 1.21 bits per heavy atom. The lowest BCUT2D eigenvalue weighted by Crippen LogP contribution is -2.01. The summed E-state index contributed by atoms with van der Waals surface area (Å²) in [5, 5.41) is 3.28. The van der Waals surface area contributed by atoms with Crippen LogP contribution in [0.15, 0.2) is 47.5 Å². The highest BCUT2D eigenvalue weighted by Crippen LogP contribution is 2.23. The van der Waals surface area contributed by atoms with Crippen molar-refractivity contribution >= 4 is 17.6 Å². The minimum Gasteiger partial charge on any atom is -0.370 e. The highest BCUT2D eigenvalue weighted by atomic mass is 32.2. The molecule has 3 heteroatoms. The summed E-state index contributed by atoms with van der Waals surface area (Å²) in [5.41, 5.74) is 2.57. The zero-order valence-corrected chi connectivity index (χ0v) is 12.3. The molecule has 1 N–H and O–H groups in total. The molecule has 0 bridgehead atoms. The van der Waals surface area contributed by atoms with Crippen LogP contribution in [0.1, 0.15) is 24.5 Å². The first-order valence-corrected chi connectivity index (χ1v) is 7.65. The van der Waals surface area contributed by atoms with Crippen LogP contribution < -0.4 is 5.32 Å². The highest BCUT2D eigenvalue weighted by Gasteiger charge is 1.98. The Labute approximate surface area is 119 Å². The van der Waals surface area contributed by atoms with Gasteiger partial charge in [0.2, 0.25) is 0 Å². The van der Waals surface area contributed by atoms with Gasteiger partial charge in [-0.1, -0.05) is 30.7 Å². The smallest absolute Gasteiger partial charge is 0.125 e. The maximum absolute atomic E-state index is 4.42. The normalized spacial score (nSPS) is 10.4. The molecule has 2 rings (SSSR count). The molecule has 1 aromatic heterocycles. The number of benzene rings is 1. The number of nitrogens with one attached hydrogen (secondary N) is 1. The quantitative estimate of drug-likeness (QED) is 0.783. The van der Waals surface area contributed by atoms with Crippen molar-refractivity contribution in [2.24, 2.45) is 0 Å². The van der Waals surface area contributed by atoms with Gasteiger partial charge in [0.15, 0.2) is 0 Å². The first-order chi connectivity index (χ1) is 9.28. The first-order valence-electron chi connectivity index (χ1n) is 6.66. The monoisotopic (exact) mass is 272 g/mol. The van der Waals surface area contributed by atoms with E-state index in [1.165, 1.54) is 16.0 Å². The van der Waals surface area contributed by atoms with Crippen LogP contribution in [0.2, 0.25) is 0 Å². The van der Waals surface area contributed by atoms with Crippen LogP contribution in [0.25, 0.3) is 0 Å². The molecule has 0 amide bonds. The van der Waals surface area contributed by atoms with Crippen molar-refractivity contribution in [2.75, 3.05) is 11.9 Å². The molecule has 0 fully saturated rings. The zero-order valence-electron chi connectivity index (χ0n) is 11.5. The fraction of sp³-hybridized carbons (Fsp3) is 0.312. The van der Waals surface area contributed by atoms with Crippen LogP contribution in [-0.2, 0) is 5.75 Å². The van der Waals surface area contributed by atoms with Crippen LogP contribution in [0.4, 0.5) is 5.82 Å². The van der Waals surface area contributed by atoms with Crippen molar-refractivity contribution in [3.05, 3.63) is 53.7 Å². The maximum Gasteiger partial charge on any atom is 0.125 e. The molecule has 2 nitrogen and oxygen atoms in total. The van der Waals surface area contributed by atoms with Gasteiger partial charge in [0.1, 0.15) is 5.82 Å². The number of aryl methyl sites for hydroxylation is 1. The molecule has 0 aliphatic heterocycles. The van der Waals surface area contributed by atoms with Gasteiger partial charge in [-0.2, -0.15) is 0 Å². The summed E-state index contributed by atoms with van der Waals surface area (Å²) < 4.78 is 0. The summed E-state index contributed by atoms with van der Waals surface area (Å²) in [6.07, 6.45) is 3.08. The lowest BCUT2D eigenvalue weighted by Gasteiger charge is -2.06. The fourth-order valence-corrected chi connectivity index (χ4v) is 2.69. The minimum atomic E-state index is 0.963. The Morgan fingerprint density at radius 3 is 2.79 bits per heavy atom. The molecule has 0 unspecified atom stereocenters. The third-order valence-corrected chi connectivity index (χ3v) is 3.84. The number of hydrogen-bond acceptors (Lipinski definition) is 3. The van der Waals surface area contributed by atoms with Gasteiger partial charge in [0, 0.05) is 23.4 Å². The first kappa shape index (κ1) is 13.9. The number of pyridine rings is 1. The largest absolute Gasteiger partial charge is 0.370 e. The molecule has 0 radical (unpaired) electrons. The molecular weight excluding hydrogens is 252 g/mol. The maximum atomic E-state index is 4.42. The van der Waals surface area contributed by atoms with E-state index in [1.54, 1.807) is 0 Å². The molecule has 100 valence electrons. The lowest BCUT2D eigenvalue weighted by molar-refractivity contribution is 0.968. The molecule has 0 atom stereocenters. The highest BCUT2D eigenvalue weighted by molar-refractivity contribution is 7.98. The standard InChI is InChI=1S/C16H20N2S/c1-3-9-17-16-8-7-14(11-18-16)12-19-15-6-4-5-13(2)10-15/h4-8,10-11H,3,9,12H2,1-2H3,(H,17,18). The zero-order chi connectivity index (χ0) is 13.5. The second-order valence-electron chi connectivity index (χ2n) is 4.58. The molecule has 2 aromatic rings. The van der Waals surface area contributed by atoms with Crippen LogP contribution in [0.5, 0.6) is 0 Å². The third-order valence-electron chi connectivity index (χ3n) is 2.78. The Balaban J connectivity index is 1.89. The molecule has 0 saturated carbocycles. The van der Waals surface area contributed by atoms with E-state index in [1.807, 2.05) is 18.0 Å². The number of aromatic nitrogens is 1. The van der Waals surface area contributed by atoms with E-state index in [2.05, 4.69) is 60.5 Å². The molecular formula is C16H20N2S. The van der Waals surface area contributed by atoms with Crippen molar-refractivity contribution in [2.45, 2.75) is 30.9 Å². The summed E-state index contributed by atoms with van der Waals surface area (Å²) in [6, 6.07) is 12.8. The molecule has 0 aliphatic carbocycles. The van der Waals surface area contributed by atoms with Gasteiger partial charge >= 0.3 is 0 Å². The van der Waals surface area contributed by atoms with Gasteiger partial charge in [0.25, 0.3) is 0 Å². The topological polar surface area (TPSA) is 24.9 Å². The van der Waals surface area contributed by atoms with Crippen LogP contribution >= 0.6 is 11.8 Å². The van der Waals surface area contributed by atoms with Gasteiger partial charge in [-0.25, -0.2) is 4.98 Å². The Hall–Kier alpha value is -1.48. The van der Waals surface area contributed by atoms with Gasteiger partial charge in [0.05, 0.1) is 0 Å². The lowest BCUT2D eigenvalue weighted by atomic mass is 10.2. The van der Waals surface area contributed by atoms with Gasteiger partial charge < -0.3 is 5.32 Å². The summed E-state index contributed by atoms with van der Waals surface area (Å²) in [7, 11) is 0. The van der Waals surface area contributed by atoms with Crippen LogP contribution in [-0.4, -0.2) is 11.5 Å². The van der Waals surface area contributed by atoms with E-state index in [0.717, 1.165) is 24.5 Å². The van der Waals surface area contributed by atoms with Gasteiger partial charge in [-0.15, -0.1) is 11.8 Å². The van der Waals surface area contributed by atoms with Gasteiger partial charge in [-0.3, -0.25) is 0 Å². The summed E-state index contributed by atoms with van der Waals surface area (Å²) in [4.78, 5) is 5.73. The number of rotatable bonds is 6. The molecule has 1 heterocycles. The Kier molecular flexibility index (Phi) is 5.28. The molecule has 0 spiro atoms. The van der Waals surface area contributed by atoms with Gasteiger partial charge in [-0.05, 0) is 37.1 Å². The van der Waals surface area contributed by atoms with E-state index >= 15 is 0 Å². The van der Waals surface area contributed by atoms with Crippen molar-refractivity contribution in [1.82, 2.24) is 4.98 Å². The summed E-state index contributed by atoms with van der Waals surface area (Å²) in [6.45, 7) is 5.25. The van der Waals surface area contributed by atoms with E-state index in [4.69, 9.17) is 0 Å². The molecule has 1 aromatic carbocycles. The van der Waals surface area contributed by atoms with Crippen molar-refractivity contribution in [3.8, 4) is 0 Å². The number of nitrogens with zero attached hydrogens (tertiary/aromatic N) is 1. The van der Waals surface area contributed by atoms with Crippen molar-refractivity contribution in [3.63, 3.8) is 0 Å². The second-order valence-corrected chi connectivity index (χ2v) is 5.63. The number of thioether (sulfide) groups is 1. The molecule has 0 saturated heterocycles. The van der Waals surface area contributed by atoms with Crippen molar-refractivity contribution < 1.29 is 0 Å². The number of anilines is 1. The average Bonchev–Trinajstić information content (AvgIpc) is 2.44. The third kappa shape index (κ3) is 4.60. The van der Waals surface area contributed by atoms with E-state index in [-0.39, 0.29) is 0 Å². The SMILES string of the molecule is CCCNc1ccc(CSc2cccc(C)c2)cn1.